The number of carbonyl (C=O) groups excluding carboxylic acids is 2. The molecule has 4 rings (SSSR count). The van der Waals surface area contributed by atoms with Crippen molar-refractivity contribution in [2.75, 3.05) is 18.5 Å². The van der Waals surface area contributed by atoms with Gasteiger partial charge in [-0.05, 0) is 38.0 Å². The van der Waals surface area contributed by atoms with Gasteiger partial charge in [0.1, 0.15) is 11.6 Å². The molecule has 0 spiro atoms. The van der Waals surface area contributed by atoms with E-state index in [-0.39, 0.29) is 12.5 Å². The number of amides is 2. The fourth-order valence-corrected chi connectivity index (χ4v) is 4.84. The van der Waals surface area contributed by atoms with Crippen molar-refractivity contribution < 1.29 is 19.1 Å². The van der Waals surface area contributed by atoms with Gasteiger partial charge in [-0.2, -0.15) is 0 Å². The number of nitrogens with two attached hydrogens (primary N) is 1. The zero-order valence-electron chi connectivity index (χ0n) is 15.9. The van der Waals surface area contributed by atoms with Crippen molar-refractivity contribution in [1.82, 2.24) is 4.90 Å². The first-order chi connectivity index (χ1) is 13.4. The summed E-state index contributed by atoms with van der Waals surface area (Å²) < 4.78 is 11.4. The maximum atomic E-state index is 12.8. The third-order valence-electron chi connectivity index (χ3n) is 5.10. The van der Waals surface area contributed by atoms with Gasteiger partial charge in [-0.1, -0.05) is 12.1 Å². The van der Waals surface area contributed by atoms with Gasteiger partial charge in [0.2, 0.25) is 6.10 Å². The molecule has 0 saturated carbocycles. The maximum absolute atomic E-state index is 12.8. The number of carbonyl (C=O) groups is 2. The highest BCUT2D eigenvalue weighted by molar-refractivity contribution is 7.17. The van der Waals surface area contributed by atoms with Crippen molar-refractivity contribution in [2.45, 2.75) is 39.0 Å². The Morgan fingerprint density at radius 3 is 2.75 bits per heavy atom. The lowest BCUT2D eigenvalue weighted by Gasteiger charge is -2.30. The highest BCUT2D eigenvalue weighted by Gasteiger charge is 2.32. The third kappa shape index (κ3) is 3.45. The minimum atomic E-state index is -0.790. The molecular weight excluding hydrogens is 378 g/mol. The molecule has 2 aliphatic rings. The number of hydrogen-bond acceptors (Lipinski definition) is 6. The van der Waals surface area contributed by atoms with Crippen LogP contribution in [-0.2, 0) is 17.8 Å². The number of thiophene rings is 1. The summed E-state index contributed by atoms with van der Waals surface area (Å²) in [6.07, 6.45) is -0.0453. The van der Waals surface area contributed by atoms with E-state index in [1.54, 1.807) is 12.1 Å². The van der Waals surface area contributed by atoms with Crippen LogP contribution in [0.5, 0.6) is 11.5 Å². The largest absolute Gasteiger partial charge is 0.485 e. The number of primary amides is 1. The molecule has 148 valence electrons. The van der Waals surface area contributed by atoms with Crippen molar-refractivity contribution in [3.63, 3.8) is 0 Å². The Morgan fingerprint density at radius 2 is 2.04 bits per heavy atom. The Labute approximate surface area is 167 Å². The average Bonchev–Trinajstić information content (AvgIpc) is 3.04. The van der Waals surface area contributed by atoms with Crippen LogP contribution >= 0.6 is 11.3 Å². The van der Waals surface area contributed by atoms with E-state index in [1.165, 1.54) is 11.3 Å². The number of hydrogen-bond donors (Lipinski definition) is 2. The fraction of sp³-hybridized carbons (Fsp3) is 0.400. The molecule has 28 heavy (non-hydrogen) atoms. The van der Waals surface area contributed by atoms with Gasteiger partial charge in [-0.3, -0.25) is 14.5 Å². The molecule has 0 saturated heterocycles. The maximum Gasteiger partial charge on any atom is 0.269 e. The summed E-state index contributed by atoms with van der Waals surface area (Å²) in [6, 6.07) is 7.63. The van der Waals surface area contributed by atoms with Crippen LogP contribution in [0.2, 0.25) is 0 Å². The molecule has 0 aliphatic carbocycles. The number of nitrogens with one attached hydrogen (secondary N) is 1. The predicted octanol–water partition coefficient (Wildman–Crippen LogP) is 2.39. The van der Waals surface area contributed by atoms with E-state index < -0.39 is 12.0 Å². The quantitative estimate of drug-likeness (QED) is 0.820. The van der Waals surface area contributed by atoms with Crippen LogP contribution in [0.1, 0.15) is 34.6 Å². The second-order valence-electron chi connectivity index (χ2n) is 7.24. The zero-order chi connectivity index (χ0) is 19.8. The van der Waals surface area contributed by atoms with Crippen molar-refractivity contribution in [2.24, 2.45) is 5.73 Å². The highest BCUT2D eigenvalue weighted by Crippen LogP contribution is 2.38. The molecule has 3 heterocycles. The van der Waals surface area contributed by atoms with Gasteiger partial charge in [0, 0.05) is 24.0 Å². The lowest BCUT2D eigenvalue weighted by atomic mass is 10.0. The van der Waals surface area contributed by atoms with Gasteiger partial charge in [-0.15, -0.1) is 11.3 Å². The molecule has 0 bridgehead atoms. The predicted molar refractivity (Wildman–Crippen MR) is 107 cm³/mol. The van der Waals surface area contributed by atoms with Gasteiger partial charge in [-0.25, -0.2) is 0 Å². The summed E-state index contributed by atoms with van der Waals surface area (Å²) in [7, 11) is 0. The molecule has 2 aliphatic heterocycles. The van der Waals surface area contributed by atoms with E-state index in [4.69, 9.17) is 15.2 Å². The summed E-state index contributed by atoms with van der Waals surface area (Å²) >= 11 is 1.42. The van der Waals surface area contributed by atoms with Crippen molar-refractivity contribution in [3.8, 4) is 11.5 Å². The lowest BCUT2D eigenvalue weighted by molar-refractivity contribution is -0.125. The molecule has 7 nitrogen and oxygen atoms in total. The molecule has 0 fully saturated rings. The molecule has 1 atom stereocenters. The van der Waals surface area contributed by atoms with Gasteiger partial charge < -0.3 is 20.5 Å². The van der Waals surface area contributed by atoms with Crippen LogP contribution in [0.4, 0.5) is 5.00 Å². The number of ether oxygens (including phenoxy) is 2. The van der Waals surface area contributed by atoms with Gasteiger partial charge >= 0.3 is 0 Å². The molecule has 2 aromatic rings. The Hall–Kier alpha value is -2.58. The summed E-state index contributed by atoms with van der Waals surface area (Å²) in [5.74, 6) is 0.278. The molecule has 0 radical (unpaired) electrons. The first kappa shape index (κ1) is 18.8. The van der Waals surface area contributed by atoms with Gasteiger partial charge in [0.05, 0.1) is 5.56 Å². The van der Waals surface area contributed by atoms with E-state index in [0.29, 0.717) is 28.1 Å². The fourth-order valence-electron chi connectivity index (χ4n) is 3.55. The normalized spacial score (nSPS) is 18.6. The Kier molecular flexibility index (Phi) is 4.99. The summed E-state index contributed by atoms with van der Waals surface area (Å²) in [4.78, 5) is 28.3. The van der Waals surface area contributed by atoms with Gasteiger partial charge in [0.25, 0.3) is 11.8 Å². The van der Waals surface area contributed by atoms with Gasteiger partial charge in [0.15, 0.2) is 11.5 Å². The SMILES string of the molecule is CC(C)N1CCc2c(sc(NC(=O)C3COc4ccccc4O3)c2C(N)=O)C1. The van der Waals surface area contributed by atoms with Crippen molar-refractivity contribution in [1.29, 1.82) is 0 Å². The van der Waals surface area contributed by atoms with Crippen LogP contribution in [0.25, 0.3) is 0 Å². The highest BCUT2D eigenvalue weighted by atomic mass is 32.1. The minimum Gasteiger partial charge on any atom is -0.485 e. The lowest BCUT2D eigenvalue weighted by Crippen LogP contribution is -2.40. The number of benzene rings is 1. The summed E-state index contributed by atoms with van der Waals surface area (Å²) in [6.45, 7) is 6.03. The zero-order valence-corrected chi connectivity index (χ0v) is 16.7. The number of anilines is 1. The Balaban J connectivity index is 1.55. The monoisotopic (exact) mass is 401 g/mol. The topological polar surface area (TPSA) is 93.9 Å². The first-order valence-electron chi connectivity index (χ1n) is 9.31. The second-order valence-corrected chi connectivity index (χ2v) is 8.35. The molecule has 3 N–H and O–H groups in total. The molecule has 1 aromatic carbocycles. The smallest absolute Gasteiger partial charge is 0.269 e. The van der Waals surface area contributed by atoms with E-state index in [0.717, 1.165) is 30.0 Å². The Morgan fingerprint density at radius 1 is 1.29 bits per heavy atom. The van der Waals surface area contributed by atoms with E-state index in [1.807, 2.05) is 12.1 Å². The summed E-state index contributed by atoms with van der Waals surface area (Å²) in [5, 5.41) is 3.34. The van der Waals surface area contributed by atoms with Crippen LogP contribution in [0.15, 0.2) is 24.3 Å². The number of para-hydroxylation sites is 2. The first-order valence-corrected chi connectivity index (χ1v) is 10.1. The third-order valence-corrected chi connectivity index (χ3v) is 6.23. The second kappa shape index (κ2) is 7.44. The van der Waals surface area contributed by atoms with Crippen LogP contribution in [-0.4, -0.2) is 42.0 Å². The van der Waals surface area contributed by atoms with E-state index in [2.05, 4.69) is 24.1 Å². The number of fused-ring (bicyclic) bond motifs is 2. The van der Waals surface area contributed by atoms with Crippen LogP contribution in [0, 0.1) is 0 Å². The summed E-state index contributed by atoms with van der Waals surface area (Å²) in [5.41, 5.74) is 7.02. The van der Waals surface area contributed by atoms with Crippen molar-refractivity contribution in [3.05, 3.63) is 40.3 Å². The standard InChI is InChI=1S/C20H23N3O4S/c1-11(2)23-8-7-12-16(9-23)28-20(17(12)18(21)24)22-19(25)15-10-26-13-5-3-4-6-14(13)27-15/h3-6,11,15H,7-10H2,1-2H3,(H2,21,24)(H,22,25). The Bertz CT molecular complexity index is 924. The van der Waals surface area contributed by atoms with Crippen LogP contribution < -0.4 is 20.5 Å². The number of rotatable bonds is 4. The van der Waals surface area contributed by atoms with Crippen LogP contribution in [0.3, 0.4) is 0 Å². The molecule has 1 aromatic heterocycles. The number of nitrogens with zero attached hydrogens (tertiary/aromatic N) is 1. The minimum absolute atomic E-state index is 0.112. The van der Waals surface area contributed by atoms with Crippen molar-refractivity contribution >= 4 is 28.2 Å². The van der Waals surface area contributed by atoms with E-state index >= 15 is 0 Å². The molecule has 2 amide bonds. The molecule has 1 unspecified atom stereocenters. The molecule has 8 heteroatoms. The van der Waals surface area contributed by atoms with E-state index in [9.17, 15) is 9.59 Å². The average molecular weight is 401 g/mol. The molecular formula is C20H23N3O4S.